The van der Waals surface area contributed by atoms with E-state index in [1.54, 1.807) is 0 Å². The molecule has 0 amide bonds. The lowest BCUT2D eigenvalue weighted by Gasteiger charge is -2.39. The van der Waals surface area contributed by atoms with E-state index in [1.807, 2.05) is 26.8 Å². The Morgan fingerprint density at radius 1 is 1.33 bits per heavy atom. The van der Waals surface area contributed by atoms with Crippen LogP contribution in [0.3, 0.4) is 0 Å². The molecule has 0 fully saturated rings. The number of nitrogens with two attached hydrogens (primary N) is 2. The maximum Gasteiger partial charge on any atom is 0.341 e. The van der Waals surface area contributed by atoms with Crippen molar-refractivity contribution in [3.05, 3.63) is 51.9 Å². The molecule has 5 nitrogen and oxygen atoms in total. The highest BCUT2D eigenvalue weighted by molar-refractivity contribution is 7.16. The van der Waals surface area contributed by atoms with E-state index < -0.39 is 5.60 Å². The third-order valence-corrected chi connectivity index (χ3v) is 6.16. The summed E-state index contributed by atoms with van der Waals surface area (Å²) in [5.41, 5.74) is 14.7. The van der Waals surface area contributed by atoms with Crippen LogP contribution in [0.15, 0.2) is 30.3 Å². The number of hydrogen-bond acceptors (Lipinski definition) is 6. The van der Waals surface area contributed by atoms with Crippen molar-refractivity contribution in [2.24, 2.45) is 5.73 Å². The molecule has 1 aliphatic heterocycles. The highest BCUT2D eigenvalue weighted by Gasteiger charge is 2.36. The standard InChI is InChI=1S/C21H29N3O2S/c1-13(14-8-6-5-7-9-14)24-11-10-15-17(20(25)26-21(2,3)4)19(23)27-18(15)16(24)12-22/h5-9,13,16H,10-12,22-23H2,1-4H3/t13-,16-/m0/s1. The molecule has 1 aliphatic rings. The third kappa shape index (κ3) is 4.03. The first-order valence-corrected chi connectivity index (χ1v) is 10.2. The van der Waals surface area contributed by atoms with E-state index in [2.05, 4.69) is 36.1 Å². The van der Waals surface area contributed by atoms with E-state index in [0.717, 1.165) is 23.4 Å². The molecule has 1 aromatic heterocycles. The number of esters is 1. The monoisotopic (exact) mass is 387 g/mol. The van der Waals surface area contributed by atoms with E-state index in [9.17, 15) is 4.79 Å². The number of carbonyl (C=O) groups excluding carboxylic acids is 1. The normalized spacial score (nSPS) is 18.8. The van der Waals surface area contributed by atoms with Gasteiger partial charge in [-0.1, -0.05) is 30.3 Å². The first kappa shape index (κ1) is 19.9. The SMILES string of the molecule is C[C@@H](c1ccccc1)N1CCc2c(sc(N)c2C(=O)OC(C)(C)C)[C@@H]1CN. The Morgan fingerprint density at radius 3 is 2.59 bits per heavy atom. The second-order valence-electron chi connectivity index (χ2n) is 8.01. The average molecular weight is 388 g/mol. The van der Waals surface area contributed by atoms with Crippen LogP contribution in [0.1, 0.15) is 66.1 Å². The first-order chi connectivity index (χ1) is 12.7. The summed E-state index contributed by atoms with van der Waals surface area (Å²) in [6.45, 7) is 9.12. The van der Waals surface area contributed by atoms with Crippen molar-refractivity contribution in [1.82, 2.24) is 4.90 Å². The van der Waals surface area contributed by atoms with Crippen molar-refractivity contribution in [2.75, 3.05) is 18.8 Å². The summed E-state index contributed by atoms with van der Waals surface area (Å²) in [4.78, 5) is 16.2. The van der Waals surface area contributed by atoms with Gasteiger partial charge in [0.1, 0.15) is 10.6 Å². The van der Waals surface area contributed by atoms with Crippen molar-refractivity contribution < 1.29 is 9.53 Å². The van der Waals surface area contributed by atoms with Crippen LogP contribution in [0.2, 0.25) is 0 Å². The fraction of sp³-hybridized carbons (Fsp3) is 0.476. The molecule has 2 aromatic rings. The minimum atomic E-state index is -0.547. The molecular formula is C21H29N3O2S. The Balaban J connectivity index is 1.93. The third-order valence-electron chi connectivity index (χ3n) is 4.99. The average Bonchev–Trinajstić information content (AvgIpc) is 2.95. The largest absolute Gasteiger partial charge is 0.456 e. The smallest absolute Gasteiger partial charge is 0.341 e. The van der Waals surface area contributed by atoms with Gasteiger partial charge in [-0.25, -0.2) is 4.79 Å². The lowest BCUT2D eigenvalue weighted by atomic mass is 9.94. The number of anilines is 1. The summed E-state index contributed by atoms with van der Waals surface area (Å²) in [7, 11) is 0. The number of rotatable bonds is 4. The van der Waals surface area contributed by atoms with Gasteiger partial charge in [0.05, 0.1) is 11.6 Å². The summed E-state index contributed by atoms with van der Waals surface area (Å²) in [5, 5.41) is 0.530. The van der Waals surface area contributed by atoms with Gasteiger partial charge in [-0.2, -0.15) is 0 Å². The van der Waals surface area contributed by atoms with E-state index in [-0.39, 0.29) is 18.1 Å². The Kier molecular flexibility index (Phi) is 5.60. The molecule has 4 N–H and O–H groups in total. The number of nitrogens with zero attached hydrogens (tertiary/aromatic N) is 1. The predicted octanol–water partition coefficient (Wildman–Crippen LogP) is 3.90. The molecular weight excluding hydrogens is 358 g/mol. The van der Waals surface area contributed by atoms with Gasteiger partial charge in [-0.05, 0) is 45.2 Å². The van der Waals surface area contributed by atoms with Crippen molar-refractivity contribution in [3.8, 4) is 0 Å². The van der Waals surface area contributed by atoms with Gasteiger partial charge in [-0.15, -0.1) is 11.3 Å². The quantitative estimate of drug-likeness (QED) is 0.778. The summed E-state index contributed by atoms with van der Waals surface area (Å²) in [5.74, 6) is -0.335. The van der Waals surface area contributed by atoms with Crippen LogP contribution in [-0.2, 0) is 11.2 Å². The molecule has 0 saturated heterocycles. The predicted molar refractivity (Wildman–Crippen MR) is 111 cm³/mol. The van der Waals surface area contributed by atoms with Crippen molar-refractivity contribution in [1.29, 1.82) is 0 Å². The van der Waals surface area contributed by atoms with Gasteiger partial charge in [0.15, 0.2) is 0 Å². The van der Waals surface area contributed by atoms with Crippen LogP contribution in [0.4, 0.5) is 5.00 Å². The highest BCUT2D eigenvalue weighted by atomic mass is 32.1. The number of benzene rings is 1. The summed E-state index contributed by atoms with van der Waals surface area (Å²) >= 11 is 1.48. The fourth-order valence-corrected chi connectivity index (χ4v) is 4.99. The minimum Gasteiger partial charge on any atom is -0.456 e. The minimum absolute atomic E-state index is 0.0486. The lowest BCUT2D eigenvalue weighted by molar-refractivity contribution is 0.00691. The molecule has 0 radical (unpaired) electrons. The highest BCUT2D eigenvalue weighted by Crippen LogP contribution is 2.44. The zero-order chi connectivity index (χ0) is 19.8. The number of ether oxygens (including phenoxy) is 1. The van der Waals surface area contributed by atoms with E-state index in [1.165, 1.54) is 16.9 Å². The zero-order valence-electron chi connectivity index (χ0n) is 16.5. The Labute approximate surface area is 165 Å². The first-order valence-electron chi connectivity index (χ1n) is 9.38. The van der Waals surface area contributed by atoms with Gasteiger partial charge in [-0.3, -0.25) is 4.90 Å². The number of carbonyl (C=O) groups is 1. The Hall–Kier alpha value is -1.89. The summed E-state index contributed by atoms with van der Waals surface area (Å²) in [6.07, 6.45) is 0.769. The van der Waals surface area contributed by atoms with Crippen molar-refractivity contribution >= 4 is 22.3 Å². The topological polar surface area (TPSA) is 81.6 Å². The Bertz CT molecular complexity index is 811. The van der Waals surface area contributed by atoms with Crippen LogP contribution in [0.5, 0.6) is 0 Å². The molecule has 0 aliphatic carbocycles. The molecule has 1 aromatic carbocycles. The van der Waals surface area contributed by atoms with Gasteiger partial charge < -0.3 is 16.2 Å². The van der Waals surface area contributed by atoms with Crippen molar-refractivity contribution in [3.63, 3.8) is 0 Å². The second kappa shape index (κ2) is 7.62. The van der Waals surface area contributed by atoms with Crippen LogP contribution < -0.4 is 11.5 Å². The molecule has 0 spiro atoms. The molecule has 27 heavy (non-hydrogen) atoms. The van der Waals surface area contributed by atoms with Gasteiger partial charge in [0, 0.05) is 24.0 Å². The Morgan fingerprint density at radius 2 is 2.00 bits per heavy atom. The van der Waals surface area contributed by atoms with E-state index >= 15 is 0 Å². The van der Waals surface area contributed by atoms with Crippen LogP contribution >= 0.6 is 11.3 Å². The van der Waals surface area contributed by atoms with Crippen LogP contribution in [-0.4, -0.2) is 29.6 Å². The molecule has 146 valence electrons. The number of thiophene rings is 1. The molecule has 2 atom stereocenters. The molecule has 6 heteroatoms. The molecule has 0 saturated carbocycles. The summed E-state index contributed by atoms with van der Waals surface area (Å²) in [6, 6.07) is 10.7. The van der Waals surface area contributed by atoms with Gasteiger partial charge in [0.2, 0.25) is 0 Å². The van der Waals surface area contributed by atoms with E-state index in [4.69, 9.17) is 16.2 Å². The fourth-order valence-electron chi connectivity index (χ4n) is 3.75. The number of fused-ring (bicyclic) bond motifs is 1. The van der Waals surface area contributed by atoms with Crippen LogP contribution in [0, 0.1) is 0 Å². The summed E-state index contributed by atoms with van der Waals surface area (Å²) < 4.78 is 5.58. The number of nitrogen functional groups attached to an aromatic ring is 1. The zero-order valence-corrected chi connectivity index (χ0v) is 17.3. The molecule has 0 bridgehead atoms. The maximum atomic E-state index is 12.7. The molecule has 2 heterocycles. The van der Waals surface area contributed by atoms with Crippen LogP contribution in [0.25, 0.3) is 0 Å². The van der Waals surface area contributed by atoms with Gasteiger partial charge in [0.25, 0.3) is 0 Å². The second-order valence-corrected chi connectivity index (χ2v) is 9.10. The molecule has 0 unspecified atom stereocenters. The van der Waals surface area contributed by atoms with Crippen molar-refractivity contribution in [2.45, 2.75) is 51.8 Å². The number of hydrogen-bond donors (Lipinski definition) is 2. The molecule has 3 rings (SSSR count). The maximum absolute atomic E-state index is 12.7. The van der Waals surface area contributed by atoms with Gasteiger partial charge >= 0.3 is 5.97 Å². The lowest BCUT2D eigenvalue weighted by Crippen LogP contribution is -2.40. The van der Waals surface area contributed by atoms with E-state index in [0.29, 0.717) is 17.1 Å².